The molecule has 0 aliphatic carbocycles. The summed E-state index contributed by atoms with van der Waals surface area (Å²) in [5, 5.41) is 11.4. The fourth-order valence-electron chi connectivity index (χ4n) is 1.17. The molecule has 7 heteroatoms. The van der Waals surface area contributed by atoms with Gasteiger partial charge in [-0.3, -0.25) is 0 Å². The van der Waals surface area contributed by atoms with E-state index in [4.69, 9.17) is 9.15 Å². The monoisotopic (exact) mass is 287 g/mol. The van der Waals surface area contributed by atoms with E-state index in [0.717, 1.165) is 0 Å². The SMILES string of the molecule is CC(C)Sc1nnc(CCNC(=O)OC(C)(C)C)o1. The van der Waals surface area contributed by atoms with Gasteiger partial charge in [0.15, 0.2) is 0 Å². The Hall–Kier alpha value is -1.24. The van der Waals surface area contributed by atoms with Gasteiger partial charge in [0, 0.05) is 18.2 Å². The van der Waals surface area contributed by atoms with Crippen LogP contribution in [0.1, 0.15) is 40.5 Å². The second kappa shape index (κ2) is 6.79. The summed E-state index contributed by atoms with van der Waals surface area (Å²) < 4.78 is 10.5. The molecule has 1 aromatic rings. The molecule has 0 aliphatic rings. The molecule has 1 heterocycles. The summed E-state index contributed by atoms with van der Waals surface area (Å²) in [5.41, 5.74) is -0.490. The molecular weight excluding hydrogens is 266 g/mol. The Kier molecular flexibility index (Phi) is 5.65. The van der Waals surface area contributed by atoms with Crippen LogP contribution in [-0.4, -0.2) is 33.7 Å². The van der Waals surface area contributed by atoms with E-state index in [1.807, 2.05) is 20.8 Å². The molecule has 0 atom stereocenters. The first-order valence-corrected chi connectivity index (χ1v) is 7.10. The summed E-state index contributed by atoms with van der Waals surface area (Å²) in [7, 11) is 0. The van der Waals surface area contributed by atoms with Crippen molar-refractivity contribution in [1.82, 2.24) is 15.5 Å². The zero-order chi connectivity index (χ0) is 14.5. The normalized spacial score (nSPS) is 11.7. The van der Waals surface area contributed by atoms with E-state index in [9.17, 15) is 4.79 Å². The summed E-state index contributed by atoms with van der Waals surface area (Å²) in [6.45, 7) is 9.97. The highest BCUT2D eigenvalue weighted by atomic mass is 32.2. The number of ether oxygens (including phenoxy) is 1. The maximum absolute atomic E-state index is 11.4. The maximum Gasteiger partial charge on any atom is 0.407 e. The lowest BCUT2D eigenvalue weighted by Gasteiger charge is -2.19. The van der Waals surface area contributed by atoms with Crippen LogP contribution in [0.3, 0.4) is 0 Å². The maximum atomic E-state index is 11.4. The second-order valence-corrected chi connectivity index (χ2v) is 6.83. The minimum absolute atomic E-state index is 0.396. The number of nitrogens with zero attached hydrogens (tertiary/aromatic N) is 2. The molecule has 0 saturated carbocycles. The van der Waals surface area contributed by atoms with Gasteiger partial charge >= 0.3 is 6.09 Å². The first kappa shape index (κ1) is 15.8. The van der Waals surface area contributed by atoms with Crippen molar-refractivity contribution in [3.05, 3.63) is 5.89 Å². The van der Waals surface area contributed by atoms with E-state index >= 15 is 0 Å². The lowest BCUT2D eigenvalue weighted by atomic mass is 10.2. The molecule has 1 aromatic heterocycles. The molecule has 19 heavy (non-hydrogen) atoms. The quantitative estimate of drug-likeness (QED) is 0.839. The first-order valence-electron chi connectivity index (χ1n) is 6.22. The average molecular weight is 287 g/mol. The van der Waals surface area contributed by atoms with Crippen LogP contribution in [0.5, 0.6) is 0 Å². The Morgan fingerprint density at radius 1 is 1.42 bits per heavy atom. The zero-order valence-corrected chi connectivity index (χ0v) is 12.8. The van der Waals surface area contributed by atoms with Gasteiger partial charge in [-0.15, -0.1) is 10.2 Å². The van der Waals surface area contributed by atoms with Gasteiger partial charge < -0.3 is 14.5 Å². The number of carbonyl (C=O) groups excluding carboxylic acids is 1. The van der Waals surface area contributed by atoms with Crippen molar-refractivity contribution in [2.45, 2.75) is 57.1 Å². The molecule has 0 bridgehead atoms. The number of thioether (sulfide) groups is 1. The van der Waals surface area contributed by atoms with Crippen molar-refractivity contribution in [2.24, 2.45) is 0 Å². The fraction of sp³-hybridized carbons (Fsp3) is 0.750. The summed E-state index contributed by atoms with van der Waals surface area (Å²) in [4.78, 5) is 11.4. The van der Waals surface area contributed by atoms with E-state index < -0.39 is 11.7 Å². The van der Waals surface area contributed by atoms with Gasteiger partial charge in [-0.25, -0.2) is 4.79 Å². The van der Waals surface area contributed by atoms with Crippen LogP contribution in [0.25, 0.3) is 0 Å². The molecular formula is C12H21N3O3S. The fourth-order valence-corrected chi connectivity index (χ4v) is 1.81. The predicted molar refractivity (Wildman–Crippen MR) is 73.2 cm³/mol. The van der Waals surface area contributed by atoms with E-state index in [-0.39, 0.29) is 0 Å². The number of alkyl carbamates (subject to hydrolysis) is 1. The third kappa shape index (κ3) is 7.05. The van der Waals surface area contributed by atoms with E-state index in [1.54, 1.807) is 0 Å². The van der Waals surface area contributed by atoms with Crippen LogP contribution in [-0.2, 0) is 11.2 Å². The van der Waals surface area contributed by atoms with Crippen molar-refractivity contribution in [1.29, 1.82) is 0 Å². The molecule has 1 amide bonds. The van der Waals surface area contributed by atoms with Crippen molar-refractivity contribution in [3.63, 3.8) is 0 Å². The average Bonchev–Trinajstić information content (AvgIpc) is 2.61. The van der Waals surface area contributed by atoms with E-state index in [1.165, 1.54) is 11.8 Å². The molecule has 1 N–H and O–H groups in total. The van der Waals surface area contributed by atoms with Crippen LogP contribution in [0.4, 0.5) is 4.79 Å². The minimum atomic E-state index is -0.490. The van der Waals surface area contributed by atoms with Crippen molar-refractivity contribution >= 4 is 17.9 Å². The summed E-state index contributed by atoms with van der Waals surface area (Å²) in [6.07, 6.45) is 0.0500. The molecule has 0 aliphatic heterocycles. The lowest BCUT2D eigenvalue weighted by molar-refractivity contribution is 0.0528. The van der Waals surface area contributed by atoms with Crippen LogP contribution in [0, 0.1) is 0 Å². The minimum Gasteiger partial charge on any atom is -0.444 e. The number of hydrogen-bond acceptors (Lipinski definition) is 6. The highest BCUT2D eigenvalue weighted by Crippen LogP contribution is 2.20. The Bertz CT molecular complexity index is 413. The Labute approximate surface area is 117 Å². The standard InChI is InChI=1S/C12H21N3O3S/c1-8(2)19-11-15-14-9(17-11)6-7-13-10(16)18-12(3,4)5/h8H,6-7H2,1-5H3,(H,13,16). The molecule has 0 radical (unpaired) electrons. The van der Waals surface area contributed by atoms with Gasteiger partial charge in [0.1, 0.15) is 5.60 Å². The van der Waals surface area contributed by atoms with Gasteiger partial charge in [0.2, 0.25) is 5.89 Å². The number of rotatable bonds is 5. The molecule has 1 rings (SSSR count). The Morgan fingerprint density at radius 2 is 2.11 bits per heavy atom. The van der Waals surface area contributed by atoms with Gasteiger partial charge in [-0.05, 0) is 20.8 Å². The second-order valence-electron chi connectivity index (χ2n) is 5.31. The number of amides is 1. The lowest BCUT2D eigenvalue weighted by Crippen LogP contribution is -2.33. The smallest absolute Gasteiger partial charge is 0.407 e. The van der Waals surface area contributed by atoms with Crippen LogP contribution in [0.2, 0.25) is 0 Å². The predicted octanol–water partition coefficient (Wildman–Crippen LogP) is 2.64. The van der Waals surface area contributed by atoms with E-state index in [2.05, 4.69) is 29.4 Å². The molecule has 0 aromatic carbocycles. The van der Waals surface area contributed by atoms with Crippen LogP contribution >= 0.6 is 11.8 Å². The zero-order valence-electron chi connectivity index (χ0n) is 12.0. The molecule has 6 nitrogen and oxygen atoms in total. The molecule has 0 fully saturated rings. The van der Waals surface area contributed by atoms with Gasteiger partial charge in [-0.2, -0.15) is 0 Å². The highest BCUT2D eigenvalue weighted by molar-refractivity contribution is 7.99. The number of carbonyl (C=O) groups is 1. The molecule has 0 spiro atoms. The molecule has 0 saturated heterocycles. The Balaban J connectivity index is 2.29. The van der Waals surface area contributed by atoms with Crippen molar-refractivity contribution in [3.8, 4) is 0 Å². The number of nitrogens with one attached hydrogen (secondary N) is 1. The van der Waals surface area contributed by atoms with Crippen molar-refractivity contribution < 1.29 is 13.9 Å². The Morgan fingerprint density at radius 3 is 2.68 bits per heavy atom. The summed E-state index contributed by atoms with van der Waals surface area (Å²) in [5.74, 6) is 0.513. The third-order valence-corrected chi connectivity index (χ3v) is 2.63. The van der Waals surface area contributed by atoms with Gasteiger partial charge in [0.25, 0.3) is 5.22 Å². The summed E-state index contributed by atoms with van der Waals surface area (Å²) in [6, 6.07) is 0. The number of aromatic nitrogens is 2. The van der Waals surface area contributed by atoms with Crippen LogP contribution < -0.4 is 5.32 Å². The van der Waals surface area contributed by atoms with E-state index in [0.29, 0.717) is 29.3 Å². The van der Waals surface area contributed by atoms with Gasteiger partial charge in [0.05, 0.1) is 0 Å². The summed E-state index contributed by atoms with van der Waals surface area (Å²) >= 11 is 1.51. The first-order chi connectivity index (χ1) is 8.76. The largest absolute Gasteiger partial charge is 0.444 e. The van der Waals surface area contributed by atoms with Gasteiger partial charge in [-0.1, -0.05) is 25.6 Å². The molecule has 0 unspecified atom stereocenters. The topological polar surface area (TPSA) is 77.2 Å². The number of hydrogen-bond donors (Lipinski definition) is 1. The molecule has 108 valence electrons. The van der Waals surface area contributed by atoms with Crippen LogP contribution in [0.15, 0.2) is 9.64 Å². The highest BCUT2D eigenvalue weighted by Gasteiger charge is 2.16. The van der Waals surface area contributed by atoms with Crippen molar-refractivity contribution in [2.75, 3.05) is 6.54 Å². The third-order valence-electron chi connectivity index (χ3n) is 1.79.